The predicted octanol–water partition coefficient (Wildman–Crippen LogP) is 1.34. The Balaban J connectivity index is 1.94. The molecule has 1 saturated heterocycles. The fourth-order valence-corrected chi connectivity index (χ4v) is 1.86. The van der Waals surface area contributed by atoms with Crippen LogP contribution < -0.4 is 5.32 Å². The van der Waals surface area contributed by atoms with Gasteiger partial charge in [0.1, 0.15) is 0 Å². The maximum absolute atomic E-state index is 10.3. The Bertz CT molecular complexity index is 349. The van der Waals surface area contributed by atoms with Crippen LogP contribution in [0, 0.1) is 6.92 Å². The van der Waals surface area contributed by atoms with Crippen molar-refractivity contribution in [3.8, 4) is 0 Å². The highest BCUT2D eigenvalue weighted by Crippen LogP contribution is 2.22. The number of aliphatic hydroxyl groups is 1. The zero-order chi connectivity index (χ0) is 11.4. The molecule has 1 aromatic rings. The lowest BCUT2D eigenvalue weighted by molar-refractivity contribution is -0.0543. The van der Waals surface area contributed by atoms with Crippen molar-refractivity contribution in [1.29, 1.82) is 0 Å². The van der Waals surface area contributed by atoms with E-state index < -0.39 is 5.60 Å². The number of aryl methyl sites for hydroxylation is 1. The molecule has 0 aromatic carbocycles. The third-order valence-corrected chi connectivity index (χ3v) is 3.05. The number of hydrogen-bond acceptors (Lipinski definition) is 4. The lowest BCUT2D eigenvalue weighted by Gasteiger charge is -2.32. The summed E-state index contributed by atoms with van der Waals surface area (Å²) < 4.78 is 5.24. The van der Waals surface area contributed by atoms with E-state index in [9.17, 15) is 5.11 Å². The molecule has 0 unspecified atom stereocenters. The molecule has 4 heteroatoms. The molecule has 0 spiro atoms. The van der Waals surface area contributed by atoms with Crippen molar-refractivity contribution < 1.29 is 9.84 Å². The predicted molar refractivity (Wildman–Crippen MR) is 62.5 cm³/mol. The van der Waals surface area contributed by atoms with Crippen molar-refractivity contribution in [3.63, 3.8) is 0 Å². The Labute approximate surface area is 95.7 Å². The Hall–Kier alpha value is -1.13. The maximum atomic E-state index is 10.3. The monoisotopic (exact) mass is 222 g/mol. The van der Waals surface area contributed by atoms with Crippen molar-refractivity contribution in [2.75, 3.05) is 25.1 Å². The van der Waals surface area contributed by atoms with Gasteiger partial charge in [0.2, 0.25) is 0 Å². The lowest BCUT2D eigenvalue weighted by atomic mass is 9.94. The quantitative estimate of drug-likeness (QED) is 0.810. The highest BCUT2D eigenvalue weighted by Gasteiger charge is 2.29. The third kappa shape index (κ3) is 2.71. The minimum atomic E-state index is -0.631. The average Bonchev–Trinajstić information content (AvgIpc) is 2.29. The van der Waals surface area contributed by atoms with E-state index in [2.05, 4.69) is 10.3 Å². The molecule has 0 saturated carbocycles. The van der Waals surface area contributed by atoms with Gasteiger partial charge in [-0.1, -0.05) is 0 Å². The average molecular weight is 222 g/mol. The first kappa shape index (κ1) is 11.4. The van der Waals surface area contributed by atoms with Gasteiger partial charge < -0.3 is 15.2 Å². The minimum Gasteiger partial charge on any atom is -0.388 e. The van der Waals surface area contributed by atoms with Gasteiger partial charge in [-0.3, -0.25) is 4.98 Å². The van der Waals surface area contributed by atoms with Gasteiger partial charge in [-0.25, -0.2) is 0 Å². The summed E-state index contributed by atoms with van der Waals surface area (Å²) in [6.07, 6.45) is 4.97. The molecule has 2 rings (SSSR count). The number of ether oxygens (including phenoxy) is 1. The third-order valence-electron chi connectivity index (χ3n) is 3.05. The smallest absolute Gasteiger partial charge is 0.0863 e. The molecule has 0 aliphatic carbocycles. The first-order valence-electron chi connectivity index (χ1n) is 5.64. The number of rotatable bonds is 3. The number of anilines is 1. The van der Waals surface area contributed by atoms with Gasteiger partial charge in [0, 0.05) is 50.7 Å². The van der Waals surface area contributed by atoms with Crippen LogP contribution in [0.3, 0.4) is 0 Å². The molecule has 2 heterocycles. The second-order valence-electron chi connectivity index (χ2n) is 4.38. The van der Waals surface area contributed by atoms with Crippen molar-refractivity contribution in [1.82, 2.24) is 4.98 Å². The summed E-state index contributed by atoms with van der Waals surface area (Å²) in [7, 11) is 0. The largest absolute Gasteiger partial charge is 0.388 e. The van der Waals surface area contributed by atoms with E-state index in [4.69, 9.17) is 4.74 Å². The van der Waals surface area contributed by atoms with Gasteiger partial charge in [-0.15, -0.1) is 0 Å². The molecular weight excluding hydrogens is 204 g/mol. The summed E-state index contributed by atoms with van der Waals surface area (Å²) in [6, 6.07) is 1.93. The summed E-state index contributed by atoms with van der Waals surface area (Å²) in [5.74, 6) is 0. The lowest BCUT2D eigenvalue weighted by Crippen LogP contribution is -2.42. The number of nitrogens with one attached hydrogen (secondary N) is 1. The van der Waals surface area contributed by atoms with Crippen LogP contribution in [0.25, 0.3) is 0 Å². The standard InChI is InChI=1S/C12H18N2O2/c1-10-8-13-5-2-11(10)14-9-12(15)3-6-16-7-4-12/h2,5,8,15H,3-4,6-7,9H2,1H3,(H,13,14). The topological polar surface area (TPSA) is 54.4 Å². The maximum Gasteiger partial charge on any atom is 0.0863 e. The van der Waals surface area contributed by atoms with Crippen LogP contribution in [0.15, 0.2) is 18.5 Å². The molecule has 2 N–H and O–H groups in total. The van der Waals surface area contributed by atoms with Crippen molar-refractivity contribution in [2.24, 2.45) is 0 Å². The van der Waals surface area contributed by atoms with Gasteiger partial charge in [-0.05, 0) is 18.6 Å². The van der Waals surface area contributed by atoms with E-state index in [1.54, 1.807) is 6.20 Å². The highest BCUT2D eigenvalue weighted by molar-refractivity contribution is 5.48. The van der Waals surface area contributed by atoms with Crippen LogP contribution in [0.4, 0.5) is 5.69 Å². The summed E-state index contributed by atoms with van der Waals surface area (Å²) in [5.41, 5.74) is 1.50. The molecule has 16 heavy (non-hydrogen) atoms. The molecule has 1 fully saturated rings. The minimum absolute atomic E-state index is 0.571. The van der Waals surface area contributed by atoms with Crippen LogP contribution in [-0.4, -0.2) is 35.5 Å². The van der Waals surface area contributed by atoms with E-state index in [1.165, 1.54) is 0 Å². The van der Waals surface area contributed by atoms with Crippen LogP contribution in [0.2, 0.25) is 0 Å². The molecular formula is C12H18N2O2. The highest BCUT2D eigenvalue weighted by atomic mass is 16.5. The molecule has 0 amide bonds. The Morgan fingerprint density at radius 1 is 1.50 bits per heavy atom. The van der Waals surface area contributed by atoms with Gasteiger partial charge >= 0.3 is 0 Å². The molecule has 1 aliphatic heterocycles. The van der Waals surface area contributed by atoms with E-state index >= 15 is 0 Å². The normalized spacial score (nSPS) is 19.4. The molecule has 0 atom stereocenters. The van der Waals surface area contributed by atoms with Gasteiger partial charge in [0.15, 0.2) is 0 Å². The fourth-order valence-electron chi connectivity index (χ4n) is 1.86. The number of nitrogens with zero attached hydrogens (tertiary/aromatic N) is 1. The SMILES string of the molecule is Cc1cnccc1NCC1(O)CCOCC1. The second-order valence-corrected chi connectivity index (χ2v) is 4.38. The summed E-state index contributed by atoms with van der Waals surface area (Å²) in [6.45, 7) is 3.87. The first-order valence-corrected chi connectivity index (χ1v) is 5.64. The van der Waals surface area contributed by atoms with Crippen molar-refractivity contribution in [2.45, 2.75) is 25.4 Å². The van der Waals surface area contributed by atoms with Crippen LogP contribution in [-0.2, 0) is 4.74 Å². The van der Waals surface area contributed by atoms with Crippen LogP contribution in [0.1, 0.15) is 18.4 Å². The number of hydrogen-bond donors (Lipinski definition) is 2. The van der Waals surface area contributed by atoms with Crippen LogP contribution in [0.5, 0.6) is 0 Å². The van der Waals surface area contributed by atoms with E-state index in [0.717, 1.165) is 11.3 Å². The molecule has 1 aliphatic rings. The fraction of sp³-hybridized carbons (Fsp3) is 0.583. The van der Waals surface area contributed by atoms with Crippen molar-refractivity contribution >= 4 is 5.69 Å². The Morgan fingerprint density at radius 3 is 2.94 bits per heavy atom. The number of aromatic nitrogens is 1. The molecule has 0 bridgehead atoms. The molecule has 0 radical (unpaired) electrons. The number of pyridine rings is 1. The summed E-state index contributed by atoms with van der Waals surface area (Å²) in [5, 5.41) is 13.5. The molecule has 4 nitrogen and oxygen atoms in total. The Kier molecular flexibility index (Phi) is 3.41. The zero-order valence-electron chi connectivity index (χ0n) is 9.57. The summed E-state index contributed by atoms with van der Waals surface area (Å²) >= 11 is 0. The van der Waals surface area contributed by atoms with Gasteiger partial charge in [0.25, 0.3) is 0 Å². The van der Waals surface area contributed by atoms with Gasteiger partial charge in [0.05, 0.1) is 5.60 Å². The summed E-state index contributed by atoms with van der Waals surface area (Å²) in [4.78, 5) is 4.03. The van der Waals surface area contributed by atoms with E-state index in [0.29, 0.717) is 32.6 Å². The van der Waals surface area contributed by atoms with E-state index in [1.807, 2.05) is 19.2 Å². The van der Waals surface area contributed by atoms with Crippen molar-refractivity contribution in [3.05, 3.63) is 24.0 Å². The second kappa shape index (κ2) is 4.80. The molecule has 1 aromatic heterocycles. The first-order chi connectivity index (χ1) is 7.70. The zero-order valence-corrected chi connectivity index (χ0v) is 9.57. The molecule has 88 valence electrons. The van der Waals surface area contributed by atoms with E-state index in [-0.39, 0.29) is 0 Å². The van der Waals surface area contributed by atoms with Gasteiger partial charge in [-0.2, -0.15) is 0 Å². The Morgan fingerprint density at radius 2 is 2.25 bits per heavy atom. The van der Waals surface area contributed by atoms with Crippen LogP contribution >= 0.6 is 0 Å².